The van der Waals surface area contributed by atoms with Crippen LogP contribution in [0, 0.1) is 0 Å². The van der Waals surface area contributed by atoms with Gasteiger partial charge < -0.3 is 4.90 Å². The monoisotopic (exact) mass is 274 g/mol. The van der Waals surface area contributed by atoms with Crippen molar-refractivity contribution in [3.63, 3.8) is 0 Å². The fraction of sp³-hybridized carbons (Fsp3) is 0.917. The summed E-state index contributed by atoms with van der Waals surface area (Å²) in [5.74, 6) is 0.169. The molecule has 5 nitrogen and oxygen atoms in total. The highest BCUT2D eigenvalue weighted by Gasteiger charge is 2.29. The topological polar surface area (TPSA) is 57.7 Å². The molecule has 0 atom stereocenters. The number of carbonyl (C=O) groups excluding carboxylic acids is 1. The molecular weight excluding hydrogens is 252 g/mol. The molecule has 0 unspecified atom stereocenters. The van der Waals surface area contributed by atoms with Crippen molar-refractivity contribution in [3.05, 3.63) is 0 Å². The molecule has 0 aromatic rings. The minimum Gasteiger partial charge on any atom is -0.342 e. The zero-order valence-electron chi connectivity index (χ0n) is 10.8. The van der Waals surface area contributed by atoms with Crippen molar-refractivity contribution in [2.75, 3.05) is 31.9 Å². The summed E-state index contributed by atoms with van der Waals surface area (Å²) in [4.78, 5) is 14.0. The zero-order chi connectivity index (χ0) is 13.0. The Morgan fingerprint density at radius 1 is 0.889 bits per heavy atom. The van der Waals surface area contributed by atoms with Gasteiger partial charge in [-0.25, -0.2) is 8.42 Å². The smallest absolute Gasteiger partial charge is 0.237 e. The lowest BCUT2D eigenvalue weighted by Gasteiger charge is -2.28. The molecule has 0 aromatic heterocycles. The summed E-state index contributed by atoms with van der Waals surface area (Å²) < 4.78 is 25.0. The number of amides is 1. The van der Waals surface area contributed by atoms with Crippen LogP contribution >= 0.6 is 0 Å². The molecule has 18 heavy (non-hydrogen) atoms. The van der Waals surface area contributed by atoms with E-state index in [0.717, 1.165) is 38.8 Å². The summed E-state index contributed by atoms with van der Waals surface area (Å²) in [6, 6.07) is 0. The third-order valence-electron chi connectivity index (χ3n) is 3.72. The van der Waals surface area contributed by atoms with Crippen LogP contribution in [0.2, 0.25) is 0 Å². The molecule has 0 bridgehead atoms. The van der Waals surface area contributed by atoms with E-state index in [1.165, 1.54) is 17.1 Å². The number of rotatable bonds is 2. The SMILES string of the molecule is O=C(CN1CCCCS1(=O)=O)N1CCCCCC1. The number of carbonyl (C=O) groups is 1. The highest BCUT2D eigenvalue weighted by molar-refractivity contribution is 7.89. The van der Waals surface area contributed by atoms with Crippen LogP contribution in [0.25, 0.3) is 0 Å². The predicted octanol–water partition coefficient (Wildman–Crippen LogP) is 0.815. The van der Waals surface area contributed by atoms with Crippen molar-refractivity contribution in [2.45, 2.75) is 38.5 Å². The molecule has 0 N–H and O–H groups in total. The molecule has 2 aliphatic rings. The predicted molar refractivity (Wildman–Crippen MR) is 69.6 cm³/mol. The Morgan fingerprint density at radius 3 is 2.11 bits per heavy atom. The summed E-state index contributed by atoms with van der Waals surface area (Å²) in [5.41, 5.74) is 0. The fourth-order valence-electron chi connectivity index (χ4n) is 2.59. The van der Waals surface area contributed by atoms with Gasteiger partial charge in [0.15, 0.2) is 0 Å². The van der Waals surface area contributed by atoms with Crippen molar-refractivity contribution in [2.24, 2.45) is 0 Å². The van der Waals surface area contributed by atoms with Gasteiger partial charge in [-0.3, -0.25) is 4.79 Å². The Bertz CT molecular complexity index is 386. The molecule has 2 aliphatic heterocycles. The number of nitrogens with zero attached hydrogens (tertiary/aromatic N) is 2. The van der Waals surface area contributed by atoms with Crippen LogP contribution in [-0.4, -0.2) is 55.5 Å². The average molecular weight is 274 g/mol. The first-order valence-corrected chi connectivity index (χ1v) is 8.46. The lowest BCUT2D eigenvalue weighted by Crippen LogP contribution is -2.46. The van der Waals surface area contributed by atoms with E-state index >= 15 is 0 Å². The number of likely N-dealkylation sites (tertiary alicyclic amines) is 1. The van der Waals surface area contributed by atoms with Crippen LogP contribution in [0.15, 0.2) is 0 Å². The summed E-state index contributed by atoms with van der Waals surface area (Å²) >= 11 is 0. The zero-order valence-corrected chi connectivity index (χ0v) is 11.6. The Balaban J connectivity index is 1.93. The molecule has 2 rings (SSSR count). The lowest BCUT2D eigenvalue weighted by atomic mass is 10.2. The van der Waals surface area contributed by atoms with E-state index < -0.39 is 10.0 Å². The van der Waals surface area contributed by atoms with Gasteiger partial charge in [-0.2, -0.15) is 4.31 Å². The quantitative estimate of drug-likeness (QED) is 0.749. The molecule has 0 saturated carbocycles. The van der Waals surface area contributed by atoms with Crippen LogP contribution in [0.5, 0.6) is 0 Å². The number of hydrogen-bond acceptors (Lipinski definition) is 3. The van der Waals surface area contributed by atoms with E-state index in [0.29, 0.717) is 6.54 Å². The summed E-state index contributed by atoms with van der Waals surface area (Å²) in [7, 11) is -3.18. The molecule has 0 radical (unpaired) electrons. The van der Waals surface area contributed by atoms with E-state index in [1.807, 2.05) is 4.90 Å². The number of sulfonamides is 1. The van der Waals surface area contributed by atoms with Crippen molar-refractivity contribution in [1.29, 1.82) is 0 Å². The third-order valence-corrected chi connectivity index (χ3v) is 5.63. The van der Waals surface area contributed by atoms with Crippen molar-refractivity contribution >= 4 is 15.9 Å². The fourth-order valence-corrected chi connectivity index (χ4v) is 4.13. The van der Waals surface area contributed by atoms with Crippen molar-refractivity contribution in [3.8, 4) is 0 Å². The highest BCUT2D eigenvalue weighted by atomic mass is 32.2. The second-order valence-electron chi connectivity index (χ2n) is 5.15. The maximum absolute atomic E-state index is 12.1. The van der Waals surface area contributed by atoms with E-state index in [9.17, 15) is 13.2 Å². The second kappa shape index (κ2) is 6.02. The van der Waals surface area contributed by atoms with Gasteiger partial charge in [-0.05, 0) is 25.7 Å². The van der Waals surface area contributed by atoms with Gasteiger partial charge in [0.2, 0.25) is 15.9 Å². The summed E-state index contributed by atoms with van der Waals surface area (Å²) in [6.45, 7) is 2.11. The number of hydrogen-bond donors (Lipinski definition) is 0. The molecule has 0 aliphatic carbocycles. The average Bonchev–Trinajstić information content (AvgIpc) is 2.60. The van der Waals surface area contributed by atoms with E-state index in [2.05, 4.69) is 0 Å². The second-order valence-corrected chi connectivity index (χ2v) is 7.24. The van der Waals surface area contributed by atoms with Gasteiger partial charge in [0.1, 0.15) is 0 Å². The first-order chi connectivity index (χ1) is 8.59. The Hall–Kier alpha value is -0.620. The first kappa shape index (κ1) is 13.8. The van der Waals surface area contributed by atoms with E-state index in [1.54, 1.807) is 0 Å². The standard InChI is InChI=1S/C12H22N2O3S/c15-12(13-7-3-1-2-4-8-13)11-14-9-5-6-10-18(14,16)17/h1-11H2. The minimum absolute atomic E-state index is 0.0256. The molecule has 2 fully saturated rings. The van der Waals surface area contributed by atoms with Gasteiger partial charge in [-0.15, -0.1) is 0 Å². The van der Waals surface area contributed by atoms with Gasteiger partial charge >= 0.3 is 0 Å². The first-order valence-electron chi connectivity index (χ1n) is 6.85. The third kappa shape index (κ3) is 3.45. The van der Waals surface area contributed by atoms with Crippen LogP contribution < -0.4 is 0 Å². The maximum atomic E-state index is 12.1. The van der Waals surface area contributed by atoms with Gasteiger partial charge in [0.25, 0.3) is 0 Å². The van der Waals surface area contributed by atoms with Gasteiger partial charge in [0.05, 0.1) is 12.3 Å². The molecule has 104 valence electrons. The van der Waals surface area contributed by atoms with Crippen LogP contribution in [0.3, 0.4) is 0 Å². The minimum atomic E-state index is -3.18. The molecular formula is C12H22N2O3S. The normalized spacial score (nSPS) is 25.7. The van der Waals surface area contributed by atoms with Gasteiger partial charge in [-0.1, -0.05) is 12.8 Å². The Labute approximate surface area is 109 Å². The Kier molecular flexibility index (Phi) is 4.61. The van der Waals surface area contributed by atoms with Crippen LogP contribution in [-0.2, 0) is 14.8 Å². The summed E-state index contributed by atoms with van der Waals surface area (Å²) in [5, 5.41) is 0. The molecule has 2 saturated heterocycles. The van der Waals surface area contributed by atoms with Crippen LogP contribution in [0.1, 0.15) is 38.5 Å². The maximum Gasteiger partial charge on any atom is 0.237 e. The largest absolute Gasteiger partial charge is 0.342 e. The summed E-state index contributed by atoms with van der Waals surface area (Å²) in [6.07, 6.45) is 6.01. The van der Waals surface area contributed by atoms with E-state index in [-0.39, 0.29) is 18.2 Å². The van der Waals surface area contributed by atoms with Crippen molar-refractivity contribution < 1.29 is 13.2 Å². The molecule has 0 aromatic carbocycles. The van der Waals surface area contributed by atoms with Crippen molar-refractivity contribution in [1.82, 2.24) is 9.21 Å². The Morgan fingerprint density at radius 2 is 1.50 bits per heavy atom. The molecule has 2 heterocycles. The molecule has 1 amide bonds. The molecule has 6 heteroatoms. The van der Waals surface area contributed by atoms with E-state index in [4.69, 9.17) is 0 Å². The highest BCUT2D eigenvalue weighted by Crippen LogP contribution is 2.15. The van der Waals surface area contributed by atoms with Gasteiger partial charge in [0, 0.05) is 19.6 Å². The lowest BCUT2D eigenvalue weighted by molar-refractivity contribution is -0.131. The molecule has 0 spiro atoms. The van der Waals surface area contributed by atoms with Crippen LogP contribution in [0.4, 0.5) is 0 Å².